The zero-order chi connectivity index (χ0) is 13.2. The summed E-state index contributed by atoms with van der Waals surface area (Å²) in [5.41, 5.74) is 0. The second kappa shape index (κ2) is 5.72. The average molecular weight is 332 g/mol. The van der Waals surface area contributed by atoms with Crippen LogP contribution in [-0.4, -0.2) is 25.8 Å². The molecule has 0 spiro atoms. The Bertz CT molecular complexity index is 509. The molecule has 1 aromatic carbocycles. The van der Waals surface area contributed by atoms with Crippen LogP contribution in [0.25, 0.3) is 0 Å². The number of halogens is 1. The average Bonchev–Trinajstić information content (AvgIpc) is 2.39. The van der Waals surface area contributed by atoms with Crippen LogP contribution in [0.3, 0.4) is 0 Å². The number of hydrogen-bond acceptors (Lipinski definition) is 2. The van der Waals surface area contributed by atoms with E-state index in [0.717, 1.165) is 25.7 Å². The summed E-state index contributed by atoms with van der Waals surface area (Å²) >= 11 is 3.32. The number of hydrogen-bond donors (Lipinski definition) is 0. The lowest BCUT2D eigenvalue weighted by molar-refractivity contribution is 0.285. The Morgan fingerprint density at radius 2 is 1.78 bits per heavy atom. The summed E-state index contributed by atoms with van der Waals surface area (Å²) in [4.78, 5) is 0.359. The summed E-state index contributed by atoms with van der Waals surface area (Å²) in [6.07, 6.45) is 5.42. The molecule has 100 valence electrons. The molecule has 1 aliphatic carbocycles. The molecular formula is C13H18BrNO2S. The van der Waals surface area contributed by atoms with Crippen LogP contribution in [0.4, 0.5) is 0 Å². The fourth-order valence-electron chi connectivity index (χ4n) is 2.45. The number of sulfonamides is 1. The lowest BCUT2D eigenvalue weighted by atomic mass is 9.96. The van der Waals surface area contributed by atoms with Crippen molar-refractivity contribution in [1.82, 2.24) is 4.31 Å². The Morgan fingerprint density at radius 3 is 2.39 bits per heavy atom. The van der Waals surface area contributed by atoms with Crippen molar-refractivity contribution in [2.24, 2.45) is 0 Å². The van der Waals surface area contributed by atoms with Gasteiger partial charge in [-0.1, -0.05) is 31.4 Å². The van der Waals surface area contributed by atoms with Gasteiger partial charge < -0.3 is 0 Å². The predicted molar refractivity (Wildman–Crippen MR) is 76.0 cm³/mol. The minimum absolute atomic E-state index is 0.149. The van der Waals surface area contributed by atoms with Crippen molar-refractivity contribution in [3.63, 3.8) is 0 Å². The molecule has 0 atom stereocenters. The first-order chi connectivity index (χ1) is 8.53. The maximum absolute atomic E-state index is 12.5. The Kier molecular flexibility index (Phi) is 4.45. The number of rotatable bonds is 3. The van der Waals surface area contributed by atoms with Crippen LogP contribution in [-0.2, 0) is 10.0 Å². The zero-order valence-electron chi connectivity index (χ0n) is 10.5. The van der Waals surface area contributed by atoms with E-state index >= 15 is 0 Å². The first-order valence-corrected chi connectivity index (χ1v) is 8.49. The second-order valence-corrected chi connectivity index (χ2v) is 7.56. The maximum Gasteiger partial charge on any atom is 0.244 e. The van der Waals surface area contributed by atoms with Gasteiger partial charge in [-0.2, -0.15) is 4.31 Å². The van der Waals surface area contributed by atoms with E-state index in [0.29, 0.717) is 9.37 Å². The monoisotopic (exact) mass is 331 g/mol. The van der Waals surface area contributed by atoms with E-state index in [4.69, 9.17) is 0 Å². The fraction of sp³-hybridized carbons (Fsp3) is 0.538. The minimum Gasteiger partial charge on any atom is -0.207 e. The van der Waals surface area contributed by atoms with E-state index in [1.807, 2.05) is 6.07 Å². The molecule has 1 fully saturated rings. The Balaban J connectivity index is 2.28. The van der Waals surface area contributed by atoms with Crippen molar-refractivity contribution < 1.29 is 8.42 Å². The first kappa shape index (κ1) is 14.0. The van der Waals surface area contributed by atoms with Gasteiger partial charge in [-0.3, -0.25) is 0 Å². The smallest absolute Gasteiger partial charge is 0.207 e. The zero-order valence-corrected chi connectivity index (χ0v) is 12.9. The molecule has 0 bridgehead atoms. The number of benzene rings is 1. The third-order valence-electron chi connectivity index (χ3n) is 3.58. The fourth-order valence-corrected chi connectivity index (χ4v) is 4.83. The molecule has 3 nitrogen and oxygen atoms in total. The minimum atomic E-state index is -3.38. The van der Waals surface area contributed by atoms with E-state index in [1.54, 1.807) is 29.6 Å². The van der Waals surface area contributed by atoms with Crippen molar-refractivity contribution in [2.45, 2.75) is 43.0 Å². The highest BCUT2D eigenvalue weighted by Gasteiger charge is 2.30. The topological polar surface area (TPSA) is 37.4 Å². The molecule has 0 N–H and O–H groups in total. The molecule has 18 heavy (non-hydrogen) atoms. The molecule has 2 rings (SSSR count). The molecule has 1 aromatic rings. The van der Waals surface area contributed by atoms with Crippen molar-refractivity contribution in [3.8, 4) is 0 Å². The van der Waals surface area contributed by atoms with Crippen molar-refractivity contribution in [1.29, 1.82) is 0 Å². The van der Waals surface area contributed by atoms with E-state index in [2.05, 4.69) is 15.9 Å². The maximum atomic E-state index is 12.5. The summed E-state index contributed by atoms with van der Waals surface area (Å²) in [7, 11) is -1.68. The summed E-state index contributed by atoms with van der Waals surface area (Å²) in [6, 6.07) is 7.15. The summed E-state index contributed by atoms with van der Waals surface area (Å²) in [5.74, 6) is 0. The van der Waals surface area contributed by atoms with Crippen LogP contribution in [0.2, 0.25) is 0 Å². The molecule has 0 unspecified atom stereocenters. The summed E-state index contributed by atoms with van der Waals surface area (Å²) in [6.45, 7) is 0. The highest BCUT2D eigenvalue weighted by atomic mass is 79.9. The van der Waals surface area contributed by atoms with Crippen LogP contribution in [0.5, 0.6) is 0 Å². The number of nitrogens with zero attached hydrogens (tertiary/aromatic N) is 1. The van der Waals surface area contributed by atoms with E-state index < -0.39 is 10.0 Å². The normalized spacial score (nSPS) is 18.2. The quantitative estimate of drug-likeness (QED) is 0.851. The summed E-state index contributed by atoms with van der Waals surface area (Å²) in [5, 5.41) is 0. The van der Waals surface area contributed by atoms with Crippen LogP contribution < -0.4 is 0 Å². The Morgan fingerprint density at radius 1 is 1.17 bits per heavy atom. The molecule has 5 heteroatoms. The predicted octanol–water partition coefficient (Wildman–Crippen LogP) is 3.40. The molecule has 0 amide bonds. The van der Waals surface area contributed by atoms with Gasteiger partial charge in [-0.05, 0) is 40.9 Å². The SMILES string of the molecule is CN(C1CCCCC1)S(=O)(=O)c1ccccc1Br. The molecule has 0 aromatic heterocycles. The van der Waals surface area contributed by atoms with Gasteiger partial charge in [-0.25, -0.2) is 8.42 Å². The van der Waals surface area contributed by atoms with Gasteiger partial charge in [0.15, 0.2) is 0 Å². The molecule has 0 aliphatic heterocycles. The third-order valence-corrected chi connectivity index (χ3v) is 6.50. The van der Waals surface area contributed by atoms with Gasteiger partial charge >= 0.3 is 0 Å². The second-order valence-electron chi connectivity index (χ2n) is 4.74. The van der Waals surface area contributed by atoms with Crippen LogP contribution in [0, 0.1) is 0 Å². The van der Waals surface area contributed by atoms with Crippen LogP contribution in [0.15, 0.2) is 33.6 Å². The van der Waals surface area contributed by atoms with Crippen molar-refractivity contribution in [2.75, 3.05) is 7.05 Å². The van der Waals surface area contributed by atoms with E-state index in [9.17, 15) is 8.42 Å². The van der Waals surface area contributed by atoms with Crippen molar-refractivity contribution in [3.05, 3.63) is 28.7 Å². The summed E-state index contributed by atoms with van der Waals surface area (Å²) < 4.78 is 27.3. The lowest BCUT2D eigenvalue weighted by Gasteiger charge is -2.30. The highest BCUT2D eigenvalue weighted by Crippen LogP contribution is 2.29. The van der Waals surface area contributed by atoms with E-state index in [-0.39, 0.29) is 6.04 Å². The van der Waals surface area contributed by atoms with Crippen LogP contribution in [0.1, 0.15) is 32.1 Å². The van der Waals surface area contributed by atoms with Crippen molar-refractivity contribution >= 4 is 26.0 Å². The largest absolute Gasteiger partial charge is 0.244 e. The molecule has 1 aliphatic rings. The molecular weight excluding hydrogens is 314 g/mol. The van der Waals surface area contributed by atoms with E-state index in [1.165, 1.54) is 6.42 Å². The molecule has 0 saturated heterocycles. The third kappa shape index (κ3) is 2.78. The molecule has 0 radical (unpaired) electrons. The highest BCUT2D eigenvalue weighted by molar-refractivity contribution is 9.10. The lowest BCUT2D eigenvalue weighted by Crippen LogP contribution is -2.38. The standard InChI is InChI=1S/C13H18BrNO2S/c1-15(11-7-3-2-4-8-11)18(16,17)13-10-6-5-9-12(13)14/h5-6,9-11H,2-4,7-8H2,1H3. The van der Waals surface area contributed by atoms with Gasteiger partial charge in [0.1, 0.15) is 0 Å². The Hall–Kier alpha value is -0.390. The molecule has 0 heterocycles. The Labute approximate surface area is 117 Å². The molecule has 1 saturated carbocycles. The van der Waals surface area contributed by atoms with Gasteiger partial charge in [-0.15, -0.1) is 0 Å². The van der Waals surface area contributed by atoms with Gasteiger partial charge in [0.25, 0.3) is 0 Å². The van der Waals surface area contributed by atoms with Gasteiger partial charge in [0.2, 0.25) is 10.0 Å². The van der Waals surface area contributed by atoms with Crippen LogP contribution >= 0.6 is 15.9 Å². The van der Waals surface area contributed by atoms with Gasteiger partial charge in [0, 0.05) is 17.6 Å². The van der Waals surface area contributed by atoms with Gasteiger partial charge in [0.05, 0.1) is 4.90 Å². The first-order valence-electron chi connectivity index (χ1n) is 6.26.